The number of phenolic OH excluding ortho intramolecular Hbond substituents is 2. The van der Waals surface area contributed by atoms with E-state index in [2.05, 4.69) is 0 Å². The Kier molecular flexibility index (Phi) is 6.21. The molecule has 0 spiro atoms. The van der Waals surface area contributed by atoms with Crippen molar-refractivity contribution in [2.24, 2.45) is 5.73 Å². The van der Waals surface area contributed by atoms with E-state index >= 15 is 0 Å². The Morgan fingerprint density at radius 3 is 2.05 bits per heavy atom. The summed E-state index contributed by atoms with van der Waals surface area (Å²) in [5.74, 6) is -1.62. The van der Waals surface area contributed by atoms with Gasteiger partial charge in [0.25, 0.3) is 0 Å². The maximum atomic E-state index is 10.4. The van der Waals surface area contributed by atoms with E-state index in [1.165, 1.54) is 18.2 Å². The minimum atomic E-state index is -4.67. The molecule has 1 unspecified atom stereocenters. The molecule has 0 aliphatic rings. The van der Waals surface area contributed by atoms with Gasteiger partial charge in [0, 0.05) is 0 Å². The lowest BCUT2D eigenvalue weighted by atomic mass is 10.1. The van der Waals surface area contributed by atoms with Gasteiger partial charge in [-0.05, 0) is 24.1 Å². The Bertz CT molecular complexity index is 533. The van der Waals surface area contributed by atoms with Gasteiger partial charge in [-0.25, -0.2) is 0 Å². The molecule has 19 heavy (non-hydrogen) atoms. The van der Waals surface area contributed by atoms with E-state index in [0.717, 1.165) is 0 Å². The monoisotopic (exact) mass is 295 g/mol. The lowest BCUT2D eigenvalue weighted by Crippen LogP contribution is -2.32. The maximum Gasteiger partial charge on any atom is 0.394 e. The Labute approximate surface area is 108 Å². The van der Waals surface area contributed by atoms with Crippen LogP contribution in [-0.4, -0.2) is 44.9 Å². The van der Waals surface area contributed by atoms with E-state index in [0.29, 0.717) is 5.56 Å². The summed E-state index contributed by atoms with van der Waals surface area (Å²) in [6.45, 7) is 0. The van der Waals surface area contributed by atoms with Crippen LogP contribution < -0.4 is 5.73 Å². The molecule has 0 saturated carbocycles. The molecule has 0 aliphatic heterocycles. The molecule has 0 bridgehead atoms. The number of carbonyl (C=O) groups is 1. The number of nitrogens with two attached hydrogens (primary N) is 1. The highest BCUT2D eigenvalue weighted by molar-refractivity contribution is 7.79. The highest BCUT2D eigenvalue weighted by Gasteiger charge is 2.12. The Morgan fingerprint density at radius 1 is 1.21 bits per heavy atom. The molecule has 0 aromatic heterocycles. The molecule has 1 rings (SSSR count). The van der Waals surface area contributed by atoms with Crippen molar-refractivity contribution in [2.45, 2.75) is 12.5 Å². The third-order valence-corrected chi connectivity index (χ3v) is 1.81. The second-order valence-electron chi connectivity index (χ2n) is 3.42. The fourth-order valence-electron chi connectivity index (χ4n) is 1.04. The predicted molar refractivity (Wildman–Crippen MR) is 63.3 cm³/mol. The fraction of sp³-hybridized carbons (Fsp3) is 0.222. The van der Waals surface area contributed by atoms with Gasteiger partial charge in [-0.3, -0.25) is 13.9 Å². The molecule has 10 heteroatoms. The Morgan fingerprint density at radius 2 is 1.68 bits per heavy atom. The number of hydrogen-bond acceptors (Lipinski definition) is 6. The van der Waals surface area contributed by atoms with Crippen LogP contribution in [0, 0.1) is 0 Å². The van der Waals surface area contributed by atoms with Crippen LogP contribution in [0.25, 0.3) is 0 Å². The number of hydrogen-bond donors (Lipinski definition) is 6. The first-order valence-corrected chi connectivity index (χ1v) is 6.09. The van der Waals surface area contributed by atoms with Crippen molar-refractivity contribution in [1.82, 2.24) is 0 Å². The summed E-state index contributed by atoms with van der Waals surface area (Å²) in [7, 11) is -4.67. The van der Waals surface area contributed by atoms with E-state index < -0.39 is 22.4 Å². The molecule has 1 atom stereocenters. The summed E-state index contributed by atoms with van der Waals surface area (Å²) in [6.07, 6.45) is 0.114. The summed E-state index contributed by atoms with van der Waals surface area (Å²) in [6, 6.07) is 3.09. The van der Waals surface area contributed by atoms with E-state index in [-0.39, 0.29) is 17.9 Å². The second-order valence-corrected chi connectivity index (χ2v) is 4.32. The van der Waals surface area contributed by atoms with Gasteiger partial charge < -0.3 is 21.1 Å². The third kappa shape index (κ3) is 8.79. The zero-order valence-corrected chi connectivity index (χ0v) is 10.3. The van der Waals surface area contributed by atoms with Gasteiger partial charge in [-0.2, -0.15) is 8.42 Å². The molecule has 9 nitrogen and oxygen atoms in total. The largest absolute Gasteiger partial charge is 0.504 e. The van der Waals surface area contributed by atoms with Crippen molar-refractivity contribution >= 4 is 16.4 Å². The van der Waals surface area contributed by atoms with Crippen molar-refractivity contribution in [2.75, 3.05) is 0 Å². The van der Waals surface area contributed by atoms with Gasteiger partial charge in [-0.1, -0.05) is 6.07 Å². The molecular formula is C9H13NO8S. The van der Waals surface area contributed by atoms with Crippen LogP contribution in [0.15, 0.2) is 18.2 Å². The molecule has 0 saturated heterocycles. The molecule has 1 aromatic rings. The summed E-state index contributed by atoms with van der Waals surface area (Å²) < 4.78 is 31.6. The van der Waals surface area contributed by atoms with E-state index in [4.69, 9.17) is 38.6 Å². The average Bonchev–Trinajstić information content (AvgIpc) is 2.21. The van der Waals surface area contributed by atoms with Crippen LogP contribution in [0.3, 0.4) is 0 Å². The van der Waals surface area contributed by atoms with Crippen LogP contribution in [0.1, 0.15) is 5.56 Å². The average molecular weight is 295 g/mol. The zero-order valence-electron chi connectivity index (χ0n) is 9.46. The lowest BCUT2D eigenvalue weighted by Gasteiger charge is -2.06. The normalized spacial score (nSPS) is 12.2. The van der Waals surface area contributed by atoms with Crippen LogP contribution >= 0.6 is 0 Å². The van der Waals surface area contributed by atoms with Crippen molar-refractivity contribution in [1.29, 1.82) is 0 Å². The number of carboxylic acid groups (broad SMARTS) is 1. The first-order chi connectivity index (χ1) is 8.50. The number of aliphatic carboxylic acids is 1. The molecule has 0 heterocycles. The number of aromatic hydroxyl groups is 2. The van der Waals surface area contributed by atoms with Crippen LogP contribution in [0.5, 0.6) is 11.5 Å². The van der Waals surface area contributed by atoms with Gasteiger partial charge >= 0.3 is 16.4 Å². The molecule has 0 radical (unpaired) electrons. The molecule has 108 valence electrons. The molecular weight excluding hydrogens is 282 g/mol. The van der Waals surface area contributed by atoms with Crippen LogP contribution in [-0.2, 0) is 21.6 Å². The Hall–Kier alpha value is -1.88. The summed E-state index contributed by atoms with van der Waals surface area (Å²) in [5, 5.41) is 26.6. The van der Waals surface area contributed by atoms with Gasteiger partial charge in [0.05, 0.1) is 0 Å². The van der Waals surface area contributed by atoms with E-state index in [1.54, 1.807) is 0 Å². The number of phenols is 2. The molecule has 0 fully saturated rings. The predicted octanol–water partition coefficient (Wildman–Crippen LogP) is -0.601. The standard InChI is InChI=1S/C9H11NO4.H2O4S/c10-6(9(13)14)3-5-1-2-7(11)8(12)4-5;1-5(2,3)4/h1-2,4,6,11-12H,3,10H2,(H,13,14);(H2,1,2,3,4). The topological polar surface area (TPSA) is 178 Å². The van der Waals surface area contributed by atoms with Gasteiger partial charge in [0.2, 0.25) is 0 Å². The van der Waals surface area contributed by atoms with E-state index in [9.17, 15) is 4.79 Å². The molecule has 0 amide bonds. The fourth-order valence-corrected chi connectivity index (χ4v) is 1.04. The van der Waals surface area contributed by atoms with Crippen molar-refractivity contribution < 1.29 is 37.6 Å². The zero-order chi connectivity index (χ0) is 15.2. The van der Waals surface area contributed by atoms with Crippen LogP contribution in [0.2, 0.25) is 0 Å². The van der Waals surface area contributed by atoms with E-state index in [1.807, 2.05) is 0 Å². The van der Waals surface area contributed by atoms with Gasteiger partial charge in [0.1, 0.15) is 6.04 Å². The highest BCUT2D eigenvalue weighted by Crippen LogP contribution is 2.25. The second kappa shape index (κ2) is 6.89. The quantitative estimate of drug-likeness (QED) is 0.313. The number of benzene rings is 1. The summed E-state index contributed by atoms with van der Waals surface area (Å²) in [5.41, 5.74) is 5.86. The molecule has 1 aromatic carbocycles. The number of rotatable bonds is 3. The first-order valence-electron chi connectivity index (χ1n) is 4.70. The maximum absolute atomic E-state index is 10.4. The highest BCUT2D eigenvalue weighted by atomic mass is 32.3. The summed E-state index contributed by atoms with van der Waals surface area (Å²) >= 11 is 0. The first kappa shape index (κ1) is 17.1. The minimum absolute atomic E-state index is 0.114. The molecule has 7 N–H and O–H groups in total. The van der Waals surface area contributed by atoms with Crippen molar-refractivity contribution in [3.05, 3.63) is 23.8 Å². The number of carboxylic acids is 1. The Balaban J connectivity index is 0.000000555. The smallest absolute Gasteiger partial charge is 0.394 e. The van der Waals surface area contributed by atoms with Gasteiger partial charge in [-0.15, -0.1) is 0 Å². The van der Waals surface area contributed by atoms with Crippen molar-refractivity contribution in [3.8, 4) is 11.5 Å². The lowest BCUT2D eigenvalue weighted by molar-refractivity contribution is -0.138. The minimum Gasteiger partial charge on any atom is -0.504 e. The van der Waals surface area contributed by atoms with Crippen LogP contribution in [0.4, 0.5) is 0 Å². The molecule has 0 aliphatic carbocycles. The summed E-state index contributed by atoms with van der Waals surface area (Å²) in [4.78, 5) is 10.4. The van der Waals surface area contributed by atoms with Crippen molar-refractivity contribution in [3.63, 3.8) is 0 Å². The third-order valence-electron chi connectivity index (χ3n) is 1.81. The van der Waals surface area contributed by atoms with Gasteiger partial charge in [0.15, 0.2) is 11.5 Å². The SMILES string of the molecule is NC(Cc1ccc(O)c(O)c1)C(=O)O.O=S(=O)(O)O.